The molecule has 1 heterocycles. The van der Waals surface area contributed by atoms with E-state index in [0.717, 1.165) is 5.56 Å². The van der Waals surface area contributed by atoms with Crippen LogP contribution in [0.2, 0.25) is 0 Å². The van der Waals surface area contributed by atoms with Crippen LogP contribution in [0.25, 0.3) is 0 Å². The smallest absolute Gasteiger partial charge is 0.316 e. The Hall–Kier alpha value is -1.75. The van der Waals surface area contributed by atoms with E-state index < -0.39 is 5.37 Å². The van der Waals surface area contributed by atoms with Crippen LogP contribution in [-0.2, 0) is 11.3 Å². The largest absolute Gasteiger partial charge is 0.482 e. The molecule has 0 atom stereocenters. The molecule has 96 valence electrons. The zero-order valence-corrected chi connectivity index (χ0v) is 10.9. The van der Waals surface area contributed by atoms with E-state index in [2.05, 4.69) is 0 Å². The molecule has 0 N–H and O–H groups in total. The maximum Gasteiger partial charge on any atom is 0.316 e. The first-order chi connectivity index (χ1) is 8.49. The topological polar surface area (TPSA) is 49.9 Å². The Morgan fingerprint density at radius 2 is 2.28 bits per heavy atom. The molecule has 0 radical (unpaired) electrons. The van der Waals surface area contributed by atoms with Gasteiger partial charge in [-0.15, -0.1) is 0 Å². The molecule has 0 unspecified atom stereocenters. The van der Waals surface area contributed by atoms with Crippen molar-refractivity contribution in [3.05, 3.63) is 23.8 Å². The van der Waals surface area contributed by atoms with Gasteiger partial charge in [-0.2, -0.15) is 0 Å². The second-order valence-electron chi connectivity index (χ2n) is 4.15. The number of ether oxygens (including phenoxy) is 1. The third-order valence-corrected chi connectivity index (χ3v) is 3.12. The van der Waals surface area contributed by atoms with Crippen molar-refractivity contribution in [2.24, 2.45) is 0 Å². The van der Waals surface area contributed by atoms with Crippen molar-refractivity contribution < 1.29 is 14.3 Å². The van der Waals surface area contributed by atoms with Gasteiger partial charge in [-0.05, 0) is 29.3 Å². The number of rotatable bonds is 2. The number of nitrogens with zero attached hydrogens (tertiary/aromatic N) is 2. The normalized spacial score (nSPS) is 13.9. The van der Waals surface area contributed by atoms with Gasteiger partial charge in [-0.3, -0.25) is 9.59 Å². The molecule has 0 aliphatic carbocycles. The van der Waals surface area contributed by atoms with E-state index in [1.165, 1.54) is 4.90 Å². The lowest BCUT2D eigenvalue weighted by Gasteiger charge is -2.26. The Labute approximate surface area is 110 Å². The minimum atomic E-state index is -0.520. The lowest BCUT2D eigenvalue weighted by molar-refractivity contribution is -0.120. The monoisotopic (exact) mass is 268 g/mol. The summed E-state index contributed by atoms with van der Waals surface area (Å²) in [7, 11) is 3.31. The fraction of sp³-hybridized carbons (Fsp3) is 0.333. The van der Waals surface area contributed by atoms with Crippen LogP contribution in [0.1, 0.15) is 5.56 Å². The number of benzene rings is 1. The molecule has 1 aromatic rings. The van der Waals surface area contributed by atoms with Gasteiger partial charge in [0.1, 0.15) is 5.75 Å². The molecule has 18 heavy (non-hydrogen) atoms. The number of fused-ring (bicyclic) bond motifs is 1. The molecule has 6 heteroatoms. The van der Waals surface area contributed by atoms with E-state index in [1.54, 1.807) is 25.1 Å². The van der Waals surface area contributed by atoms with Crippen molar-refractivity contribution in [2.75, 3.05) is 25.6 Å². The van der Waals surface area contributed by atoms with Crippen LogP contribution in [0.15, 0.2) is 18.2 Å². The molecule has 0 saturated carbocycles. The molecule has 5 nitrogen and oxygen atoms in total. The Morgan fingerprint density at radius 3 is 2.94 bits per heavy atom. The van der Waals surface area contributed by atoms with Crippen LogP contribution < -0.4 is 9.64 Å². The fourth-order valence-corrected chi connectivity index (χ4v) is 1.81. The lowest BCUT2D eigenvalue weighted by atomic mass is 10.1. The zero-order chi connectivity index (χ0) is 13.3. The molecule has 1 aliphatic rings. The van der Waals surface area contributed by atoms with Crippen LogP contribution in [-0.4, -0.2) is 36.9 Å². The van der Waals surface area contributed by atoms with E-state index in [9.17, 15) is 9.59 Å². The van der Waals surface area contributed by atoms with Gasteiger partial charge in [0.2, 0.25) is 0 Å². The SMILES string of the molecule is CN(Cc1ccc2c(c1)N(C)C(=O)CO2)C(=O)Cl. The van der Waals surface area contributed by atoms with E-state index in [1.807, 2.05) is 12.1 Å². The van der Waals surface area contributed by atoms with Crippen LogP contribution in [0.5, 0.6) is 5.75 Å². The summed E-state index contributed by atoms with van der Waals surface area (Å²) in [5.74, 6) is 0.571. The summed E-state index contributed by atoms with van der Waals surface area (Å²) in [6.45, 7) is 0.445. The minimum absolute atomic E-state index is 0.0584. The first-order valence-corrected chi connectivity index (χ1v) is 5.79. The van der Waals surface area contributed by atoms with Gasteiger partial charge in [0.15, 0.2) is 6.61 Å². The van der Waals surface area contributed by atoms with Crippen molar-refractivity contribution in [1.82, 2.24) is 4.90 Å². The number of anilines is 1. The van der Waals surface area contributed by atoms with E-state index in [0.29, 0.717) is 18.0 Å². The van der Waals surface area contributed by atoms with Crippen molar-refractivity contribution in [3.63, 3.8) is 0 Å². The number of carbonyl (C=O) groups is 2. The summed E-state index contributed by atoms with van der Waals surface area (Å²) in [5.41, 5.74) is 1.59. The summed E-state index contributed by atoms with van der Waals surface area (Å²) in [5, 5.41) is -0.520. The highest BCUT2D eigenvalue weighted by Gasteiger charge is 2.22. The van der Waals surface area contributed by atoms with Gasteiger partial charge in [0.25, 0.3) is 5.91 Å². The highest BCUT2D eigenvalue weighted by atomic mass is 35.5. The van der Waals surface area contributed by atoms with E-state index in [-0.39, 0.29) is 12.5 Å². The van der Waals surface area contributed by atoms with Gasteiger partial charge >= 0.3 is 5.37 Å². The Morgan fingerprint density at radius 1 is 1.56 bits per heavy atom. The Kier molecular flexibility index (Phi) is 3.43. The third-order valence-electron chi connectivity index (χ3n) is 2.83. The second-order valence-corrected chi connectivity index (χ2v) is 4.48. The molecule has 1 aliphatic heterocycles. The second kappa shape index (κ2) is 4.86. The number of amides is 2. The highest BCUT2D eigenvalue weighted by Crippen LogP contribution is 2.32. The zero-order valence-electron chi connectivity index (χ0n) is 10.1. The summed E-state index contributed by atoms with van der Waals surface area (Å²) >= 11 is 5.37. The molecule has 1 aromatic carbocycles. The minimum Gasteiger partial charge on any atom is -0.482 e. The average Bonchev–Trinajstić information content (AvgIpc) is 2.34. The Balaban J connectivity index is 2.26. The maximum absolute atomic E-state index is 11.5. The predicted octanol–water partition coefficient (Wildman–Crippen LogP) is 1.83. The molecule has 0 spiro atoms. The molecule has 0 fully saturated rings. The number of hydrogen-bond donors (Lipinski definition) is 0. The van der Waals surface area contributed by atoms with Crippen molar-refractivity contribution in [3.8, 4) is 5.75 Å². The molecule has 0 aromatic heterocycles. The summed E-state index contributed by atoms with van der Waals surface area (Å²) in [6, 6.07) is 5.46. The molecule has 2 rings (SSSR count). The number of halogens is 1. The van der Waals surface area contributed by atoms with Gasteiger partial charge < -0.3 is 14.5 Å². The van der Waals surface area contributed by atoms with Gasteiger partial charge in [0, 0.05) is 20.6 Å². The summed E-state index contributed by atoms with van der Waals surface area (Å²) in [4.78, 5) is 25.4. The van der Waals surface area contributed by atoms with Gasteiger partial charge in [-0.25, -0.2) is 0 Å². The van der Waals surface area contributed by atoms with Gasteiger partial charge in [0.05, 0.1) is 5.69 Å². The van der Waals surface area contributed by atoms with E-state index >= 15 is 0 Å². The lowest BCUT2D eigenvalue weighted by Crippen LogP contribution is -2.35. The quantitative estimate of drug-likeness (QED) is 0.607. The molecule has 0 saturated heterocycles. The standard InChI is InChI=1S/C12H13ClN2O3/c1-14(12(13)17)6-8-3-4-10-9(5-8)15(2)11(16)7-18-10/h3-5H,6-7H2,1-2H3. The summed E-state index contributed by atoms with van der Waals surface area (Å²) in [6.07, 6.45) is 0. The van der Waals surface area contributed by atoms with Crippen LogP contribution in [0, 0.1) is 0 Å². The molecule has 2 amide bonds. The third kappa shape index (κ3) is 2.41. The van der Waals surface area contributed by atoms with Crippen LogP contribution in [0.3, 0.4) is 0 Å². The summed E-state index contributed by atoms with van der Waals surface area (Å²) < 4.78 is 5.32. The highest BCUT2D eigenvalue weighted by molar-refractivity contribution is 6.62. The van der Waals surface area contributed by atoms with E-state index in [4.69, 9.17) is 16.3 Å². The van der Waals surface area contributed by atoms with Crippen molar-refractivity contribution in [1.29, 1.82) is 0 Å². The number of hydrogen-bond acceptors (Lipinski definition) is 3. The average molecular weight is 269 g/mol. The number of carbonyl (C=O) groups excluding carboxylic acids is 2. The number of likely N-dealkylation sites (N-methyl/N-ethyl adjacent to an activating group) is 1. The first-order valence-electron chi connectivity index (χ1n) is 5.42. The predicted molar refractivity (Wildman–Crippen MR) is 68.1 cm³/mol. The van der Waals surface area contributed by atoms with Crippen LogP contribution in [0.4, 0.5) is 10.5 Å². The molecule has 0 bridgehead atoms. The Bertz CT molecular complexity index is 504. The van der Waals surface area contributed by atoms with Crippen molar-refractivity contribution in [2.45, 2.75) is 6.54 Å². The fourth-order valence-electron chi connectivity index (χ4n) is 1.75. The molecular formula is C12H13ClN2O3. The maximum atomic E-state index is 11.5. The van der Waals surface area contributed by atoms with Crippen molar-refractivity contribution >= 4 is 28.6 Å². The first kappa shape index (κ1) is 12.7. The van der Waals surface area contributed by atoms with Crippen LogP contribution >= 0.6 is 11.6 Å². The van der Waals surface area contributed by atoms with Gasteiger partial charge in [-0.1, -0.05) is 6.07 Å². The molecular weight excluding hydrogens is 256 g/mol.